The second-order valence-corrected chi connectivity index (χ2v) is 6.22. The van der Waals surface area contributed by atoms with E-state index in [0.717, 1.165) is 0 Å². The Morgan fingerprint density at radius 2 is 2.17 bits per heavy atom. The van der Waals surface area contributed by atoms with E-state index in [0.29, 0.717) is 5.56 Å². The number of nitrogens with zero attached hydrogens (tertiary/aromatic N) is 2. The average Bonchev–Trinajstić information content (AvgIpc) is 2.52. The fourth-order valence-corrected chi connectivity index (χ4v) is 2.67. The van der Waals surface area contributed by atoms with Gasteiger partial charge in [-0.05, 0) is 38.0 Å². The number of amides is 2. The van der Waals surface area contributed by atoms with Crippen molar-refractivity contribution in [2.75, 3.05) is 19.8 Å². The van der Waals surface area contributed by atoms with E-state index in [1.165, 1.54) is 11.0 Å². The number of benzene rings is 1. The third-order valence-electron chi connectivity index (χ3n) is 4.30. The van der Waals surface area contributed by atoms with Crippen molar-refractivity contribution in [2.45, 2.75) is 26.3 Å². The maximum Gasteiger partial charge on any atom is 0.252 e. The molecule has 0 aromatic heterocycles. The Morgan fingerprint density at radius 3 is 2.71 bits per heavy atom. The number of nitrogens with one attached hydrogen (secondary N) is 1. The van der Waals surface area contributed by atoms with Gasteiger partial charge in [-0.1, -0.05) is 6.07 Å². The molecule has 7 heteroatoms. The van der Waals surface area contributed by atoms with Crippen LogP contribution >= 0.6 is 0 Å². The third-order valence-corrected chi connectivity index (χ3v) is 4.30. The van der Waals surface area contributed by atoms with Gasteiger partial charge in [0.25, 0.3) is 5.91 Å². The molecule has 1 heterocycles. The van der Waals surface area contributed by atoms with Crippen molar-refractivity contribution < 1.29 is 19.1 Å². The number of aromatic hydroxyl groups is 1. The van der Waals surface area contributed by atoms with Gasteiger partial charge in [0, 0.05) is 18.7 Å². The monoisotopic (exact) mass is 333 g/mol. The summed E-state index contributed by atoms with van der Waals surface area (Å²) in [6.07, 6.45) is 0.108. The lowest BCUT2D eigenvalue weighted by Gasteiger charge is -2.46. The largest absolute Gasteiger partial charge is 0.508 e. The first-order valence-electron chi connectivity index (χ1n) is 7.68. The number of nitriles is 1. The number of aryl methyl sites for hydroxylation is 1. The topological polar surface area (TPSA) is 93.4 Å². The zero-order valence-corrected chi connectivity index (χ0v) is 13.7. The fourth-order valence-electron chi connectivity index (χ4n) is 2.67. The second kappa shape index (κ2) is 6.87. The Labute approximate surface area is 139 Å². The zero-order chi connectivity index (χ0) is 17.9. The van der Waals surface area contributed by atoms with Crippen molar-refractivity contribution in [1.82, 2.24) is 10.2 Å². The molecule has 1 fully saturated rings. The summed E-state index contributed by atoms with van der Waals surface area (Å²) in [7, 11) is 0. The summed E-state index contributed by atoms with van der Waals surface area (Å²) < 4.78 is 12.5. The number of carbonyl (C=O) groups is 2. The van der Waals surface area contributed by atoms with Crippen molar-refractivity contribution >= 4 is 11.8 Å². The van der Waals surface area contributed by atoms with Gasteiger partial charge in [-0.25, -0.2) is 0 Å². The van der Waals surface area contributed by atoms with Crippen molar-refractivity contribution in [3.05, 3.63) is 29.3 Å². The molecule has 1 aliphatic rings. The maximum atomic E-state index is 12.5. The normalized spacial score (nSPS) is 16.7. The standard InChI is InChI=1S/C17H20FN3O3/c1-11-3-4-13(7-14(11)22)15(23)20-12(2)16(24)21-9-17(8-19,10-21)5-6-18/h3-4,7,12,22H,5-6,9-10H2,1-2H3,(H,20,23). The van der Waals surface area contributed by atoms with Crippen LogP contribution < -0.4 is 5.32 Å². The SMILES string of the molecule is Cc1ccc(C(=O)NC(C)C(=O)N2CC(C#N)(CCF)C2)cc1O. The van der Waals surface area contributed by atoms with E-state index in [1.54, 1.807) is 26.0 Å². The van der Waals surface area contributed by atoms with E-state index in [9.17, 15) is 19.1 Å². The Bertz CT molecular complexity index is 693. The fraction of sp³-hybridized carbons (Fsp3) is 0.471. The molecule has 1 aromatic carbocycles. The summed E-state index contributed by atoms with van der Waals surface area (Å²) >= 11 is 0. The average molecular weight is 333 g/mol. The lowest BCUT2D eigenvalue weighted by molar-refractivity contribution is -0.142. The molecule has 128 valence electrons. The highest BCUT2D eigenvalue weighted by atomic mass is 19.1. The molecule has 0 bridgehead atoms. The van der Waals surface area contributed by atoms with Gasteiger partial charge in [-0.15, -0.1) is 0 Å². The number of carbonyl (C=O) groups excluding carboxylic acids is 2. The molecule has 1 aromatic rings. The van der Waals surface area contributed by atoms with Gasteiger partial charge in [-0.2, -0.15) is 5.26 Å². The number of halogens is 1. The second-order valence-electron chi connectivity index (χ2n) is 6.22. The number of rotatable bonds is 5. The summed E-state index contributed by atoms with van der Waals surface area (Å²) in [6.45, 7) is 3.02. The number of likely N-dealkylation sites (tertiary alicyclic amines) is 1. The van der Waals surface area contributed by atoms with Gasteiger partial charge >= 0.3 is 0 Å². The molecule has 0 radical (unpaired) electrons. The molecule has 1 aliphatic heterocycles. The predicted octanol–water partition coefficient (Wildman–Crippen LogP) is 1.53. The van der Waals surface area contributed by atoms with Crippen LogP contribution in [0.4, 0.5) is 4.39 Å². The van der Waals surface area contributed by atoms with Crippen LogP contribution in [0.3, 0.4) is 0 Å². The minimum atomic E-state index is -0.809. The van der Waals surface area contributed by atoms with E-state index >= 15 is 0 Å². The number of hydrogen-bond acceptors (Lipinski definition) is 4. The molecule has 0 aliphatic carbocycles. The van der Waals surface area contributed by atoms with Crippen LogP contribution in [0, 0.1) is 23.7 Å². The molecule has 0 saturated carbocycles. The number of phenolic OH excluding ortho intramolecular Hbond substituents is 1. The van der Waals surface area contributed by atoms with Gasteiger partial charge in [0.15, 0.2) is 0 Å². The first-order chi connectivity index (χ1) is 11.3. The molecule has 0 spiro atoms. The van der Waals surface area contributed by atoms with Crippen molar-refractivity contribution in [2.24, 2.45) is 5.41 Å². The number of hydrogen-bond donors (Lipinski definition) is 2. The first-order valence-corrected chi connectivity index (χ1v) is 7.68. The molecule has 1 unspecified atom stereocenters. The van der Waals surface area contributed by atoms with Crippen LogP contribution in [0.15, 0.2) is 18.2 Å². The molecular formula is C17H20FN3O3. The third kappa shape index (κ3) is 3.48. The van der Waals surface area contributed by atoms with Crippen LogP contribution in [0.1, 0.15) is 29.3 Å². The van der Waals surface area contributed by atoms with Crippen LogP contribution in [0.25, 0.3) is 0 Å². The summed E-state index contributed by atoms with van der Waals surface area (Å²) in [6, 6.07) is 5.81. The lowest BCUT2D eigenvalue weighted by Crippen LogP contribution is -2.61. The highest BCUT2D eigenvalue weighted by Gasteiger charge is 2.46. The molecule has 2 rings (SSSR count). The van der Waals surface area contributed by atoms with Crippen LogP contribution in [-0.2, 0) is 4.79 Å². The summed E-state index contributed by atoms with van der Waals surface area (Å²) in [4.78, 5) is 25.9. The van der Waals surface area contributed by atoms with Crippen LogP contribution in [0.2, 0.25) is 0 Å². The molecule has 6 nitrogen and oxygen atoms in total. The van der Waals surface area contributed by atoms with Gasteiger partial charge < -0.3 is 15.3 Å². The minimum absolute atomic E-state index is 0.00870. The number of alkyl halides is 1. The van der Waals surface area contributed by atoms with Crippen molar-refractivity contribution in [1.29, 1.82) is 5.26 Å². The smallest absolute Gasteiger partial charge is 0.252 e. The van der Waals surface area contributed by atoms with Crippen LogP contribution in [0.5, 0.6) is 5.75 Å². The van der Waals surface area contributed by atoms with E-state index in [1.807, 2.05) is 0 Å². The molecule has 1 atom stereocenters. The van der Waals surface area contributed by atoms with Gasteiger partial charge in [0.1, 0.15) is 11.8 Å². The molecule has 24 heavy (non-hydrogen) atoms. The predicted molar refractivity (Wildman–Crippen MR) is 85.0 cm³/mol. The minimum Gasteiger partial charge on any atom is -0.508 e. The molecular weight excluding hydrogens is 313 g/mol. The van der Waals surface area contributed by atoms with Crippen LogP contribution in [-0.4, -0.2) is 47.6 Å². The Hall–Kier alpha value is -2.62. The van der Waals surface area contributed by atoms with E-state index in [4.69, 9.17) is 5.26 Å². The summed E-state index contributed by atoms with van der Waals surface area (Å²) in [5.74, 6) is -0.777. The number of phenols is 1. The van der Waals surface area contributed by atoms with E-state index < -0.39 is 24.0 Å². The molecule has 2 N–H and O–H groups in total. The highest BCUT2D eigenvalue weighted by Crippen LogP contribution is 2.33. The van der Waals surface area contributed by atoms with Gasteiger partial charge in [0.2, 0.25) is 5.91 Å². The quantitative estimate of drug-likeness (QED) is 0.854. The Kier molecular flexibility index (Phi) is 5.07. The zero-order valence-electron chi connectivity index (χ0n) is 13.7. The highest BCUT2D eigenvalue weighted by molar-refractivity contribution is 5.97. The van der Waals surface area contributed by atoms with Gasteiger partial charge in [0.05, 0.1) is 18.2 Å². The maximum absolute atomic E-state index is 12.5. The summed E-state index contributed by atoms with van der Waals surface area (Å²) in [5.41, 5.74) is 0.0961. The Balaban J connectivity index is 1.94. The molecule has 2 amide bonds. The lowest BCUT2D eigenvalue weighted by atomic mass is 9.78. The van der Waals surface area contributed by atoms with E-state index in [2.05, 4.69) is 11.4 Å². The van der Waals surface area contributed by atoms with Crippen molar-refractivity contribution in [3.8, 4) is 11.8 Å². The van der Waals surface area contributed by atoms with E-state index in [-0.39, 0.29) is 36.7 Å². The van der Waals surface area contributed by atoms with Crippen molar-refractivity contribution in [3.63, 3.8) is 0 Å². The molecule has 1 saturated heterocycles. The van der Waals surface area contributed by atoms with Gasteiger partial charge in [-0.3, -0.25) is 14.0 Å². The summed E-state index contributed by atoms with van der Waals surface area (Å²) in [5, 5.41) is 21.3. The first kappa shape index (κ1) is 17.7. The Morgan fingerprint density at radius 1 is 1.50 bits per heavy atom.